The molecular weight excluding hydrogens is 328 g/mol. The molecule has 0 fully saturated rings. The summed E-state index contributed by atoms with van der Waals surface area (Å²) in [5, 5.41) is 30.9. The Bertz CT molecular complexity index is 390. The van der Waals surface area contributed by atoms with E-state index in [1.54, 1.807) is 0 Å². The summed E-state index contributed by atoms with van der Waals surface area (Å²) in [7, 11) is 0. The number of carboxylic acids is 2. The molecule has 0 aromatic heterocycles. The van der Waals surface area contributed by atoms with Gasteiger partial charge in [0, 0.05) is 25.9 Å². The molecule has 0 bridgehead atoms. The first-order valence-electron chi connectivity index (χ1n) is 7.24. The number of ether oxygens (including phenoxy) is 2. The summed E-state index contributed by atoms with van der Waals surface area (Å²) < 4.78 is 9.29. The van der Waals surface area contributed by atoms with Crippen LogP contribution in [0, 0.1) is 0 Å². The number of hydrogen-bond donors (Lipinski definition) is 5. The molecule has 0 radical (unpaired) electrons. The van der Waals surface area contributed by atoms with Gasteiger partial charge in [-0.05, 0) is 12.8 Å². The zero-order valence-electron chi connectivity index (χ0n) is 13.0. The van der Waals surface area contributed by atoms with Crippen molar-refractivity contribution in [2.45, 2.75) is 31.8 Å². The molecule has 138 valence electrons. The Morgan fingerprint density at radius 2 is 1.17 bits per heavy atom. The zero-order valence-corrected chi connectivity index (χ0v) is 13.0. The Labute approximate surface area is 137 Å². The summed E-state index contributed by atoms with van der Waals surface area (Å²) >= 11 is 0. The van der Waals surface area contributed by atoms with Gasteiger partial charge in [-0.1, -0.05) is 0 Å². The van der Waals surface area contributed by atoms with Crippen molar-refractivity contribution in [1.82, 2.24) is 10.6 Å². The molecule has 5 N–H and O–H groups in total. The van der Waals surface area contributed by atoms with Crippen LogP contribution in [0.1, 0.15) is 25.7 Å². The van der Waals surface area contributed by atoms with E-state index in [9.17, 15) is 24.3 Å². The first-order valence-corrected chi connectivity index (χ1v) is 7.24. The smallest absolute Gasteiger partial charge is 0.407 e. The Hall–Kier alpha value is -2.56. The quantitative estimate of drug-likeness (QED) is 0.292. The molecule has 0 aliphatic heterocycles. The molecule has 0 spiro atoms. The van der Waals surface area contributed by atoms with Crippen molar-refractivity contribution in [3.8, 4) is 0 Å². The molecule has 0 unspecified atom stereocenters. The largest absolute Gasteiger partial charge is 0.481 e. The van der Waals surface area contributed by atoms with Crippen molar-refractivity contribution in [2.75, 3.05) is 26.3 Å². The summed E-state index contributed by atoms with van der Waals surface area (Å²) in [6.07, 6.45) is -2.54. The summed E-state index contributed by atoms with van der Waals surface area (Å²) in [5.74, 6) is -1.95. The molecule has 0 rings (SSSR count). The Morgan fingerprint density at radius 1 is 0.792 bits per heavy atom. The first-order chi connectivity index (χ1) is 11.3. The molecule has 0 aromatic carbocycles. The Kier molecular flexibility index (Phi) is 11.6. The number of hydrogen-bond acceptors (Lipinski definition) is 7. The SMILES string of the molecule is O=C(O)CCCNC(=O)OCC(O)COC(=O)NCCCC(=O)O. The third-order valence-electron chi connectivity index (χ3n) is 2.49. The summed E-state index contributed by atoms with van der Waals surface area (Å²) in [5.41, 5.74) is 0. The number of carboxylic acid groups (broad SMARTS) is 2. The fourth-order valence-corrected chi connectivity index (χ4v) is 1.35. The van der Waals surface area contributed by atoms with Gasteiger partial charge in [-0.2, -0.15) is 0 Å². The van der Waals surface area contributed by atoms with E-state index in [0.717, 1.165) is 0 Å². The van der Waals surface area contributed by atoms with Crippen LogP contribution in [0.15, 0.2) is 0 Å². The van der Waals surface area contributed by atoms with Gasteiger partial charge in [0.2, 0.25) is 0 Å². The predicted molar refractivity (Wildman–Crippen MR) is 78.4 cm³/mol. The van der Waals surface area contributed by atoms with E-state index in [4.69, 9.17) is 10.2 Å². The van der Waals surface area contributed by atoms with E-state index in [2.05, 4.69) is 20.1 Å². The number of aliphatic hydroxyl groups is 1. The van der Waals surface area contributed by atoms with Crippen LogP contribution in [-0.4, -0.2) is 71.9 Å². The van der Waals surface area contributed by atoms with Crippen LogP contribution in [0.25, 0.3) is 0 Å². The van der Waals surface area contributed by atoms with Gasteiger partial charge in [0.25, 0.3) is 0 Å². The number of nitrogens with one attached hydrogen (secondary N) is 2. The Balaban J connectivity index is 3.61. The monoisotopic (exact) mass is 350 g/mol. The van der Waals surface area contributed by atoms with Crippen molar-refractivity contribution >= 4 is 24.1 Å². The standard InChI is InChI=1S/C13H22N2O9/c16-9(7-23-12(21)14-5-1-3-10(17)18)8-24-13(22)15-6-2-4-11(19)20/h9,16H,1-8H2,(H,14,21)(H,15,22)(H,17,18)(H,19,20). The molecule has 11 heteroatoms. The van der Waals surface area contributed by atoms with Crippen LogP contribution in [0.4, 0.5) is 9.59 Å². The number of aliphatic carboxylic acids is 2. The molecule has 0 saturated carbocycles. The number of aliphatic hydroxyl groups excluding tert-OH is 1. The number of alkyl carbamates (subject to hydrolysis) is 2. The summed E-state index contributed by atoms with van der Waals surface area (Å²) in [6.45, 7) is -0.568. The van der Waals surface area contributed by atoms with Crippen molar-refractivity contribution in [2.24, 2.45) is 0 Å². The van der Waals surface area contributed by atoms with Crippen LogP contribution in [-0.2, 0) is 19.1 Å². The normalized spacial score (nSPS) is 10.1. The molecule has 0 aliphatic carbocycles. The van der Waals surface area contributed by atoms with E-state index in [1.807, 2.05) is 0 Å². The van der Waals surface area contributed by atoms with Crippen molar-refractivity contribution in [1.29, 1.82) is 0 Å². The molecule has 0 aliphatic rings. The van der Waals surface area contributed by atoms with E-state index in [1.165, 1.54) is 0 Å². The van der Waals surface area contributed by atoms with Gasteiger partial charge in [0.05, 0.1) is 0 Å². The van der Waals surface area contributed by atoms with Crippen LogP contribution in [0.3, 0.4) is 0 Å². The minimum Gasteiger partial charge on any atom is -0.481 e. The second kappa shape index (κ2) is 12.9. The van der Waals surface area contributed by atoms with Crippen LogP contribution in [0.2, 0.25) is 0 Å². The number of rotatable bonds is 12. The van der Waals surface area contributed by atoms with E-state index in [0.29, 0.717) is 0 Å². The molecule has 0 saturated heterocycles. The summed E-state index contributed by atoms with van der Waals surface area (Å²) in [4.78, 5) is 42.9. The molecule has 0 atom stereocenters. The van der Waals surface area contributed by atoms with Crippen LogP contribution >= 0.6 is 0 Å². The highest BCUT2D eigenvalue weighted by Crippen LogP contribution is 1.92. The van der Waals surface area contributed by atoms with Gasteiger partial charge < -0.3 is 35.4 Å². The molecule has 24 heavy (non-hydrogen) atoms. The fraction of sp³-hybridized carbons (Fsp3) is 0.692. The van der Waals surface area contributed by atoms with Gasteiger partial charge in [0.15, 0.2) is 0 Å². The fourth-order valence-electron chi connectivity index (χ4n) is 1.35. The minimum atomic E-state index is -1.22. The lowest BCUT2D eigenvalue weighted by Crippen LogP contribution is -2.33. The number of carbonyl (C=O) groups is 4. The van der Waals surface area contributed by atoms with Gasteiger partial charge in [0.1, 0.15) is 19.3 Å². The van der Waals surface area contributed by atoms with Gasteiger partial charge in [-0.15, -0.1) is 0 Å². The second-order valence-electron chi connectivity index (χ2n) is 4.70. The molecule has 0 aromatic rings. The lowest BCUT2D eigenvalue weighted by Gasteiger charge is -2.12. The minimum absolute atomic E-state index is 0.0850. The maximum absolute atomic E-state index is 11.2. The van der Waals surface area contributed by atoms with Gasteiger partial charge >= 0.3 is 24.1 Å². The summed E-state index contributed by atoms with van der Waals surface area (Å²) in [6, 6.07) is 0. The van der Waals surface area contributed by atoms with Gasteiger partial charge in [-0.3, -0.25) is 9.59 Å². The average Bonchev–Trinajstić information content (AvgIpc) is 2.51. The van der Waals surface area contributed by atoms with Crippen LogP contribution in [0.5, 0.6) is 0 Å². The van der Waals surface area contributed by atoms with E-state index >= 15 is 0 Å². The number of amides is 2. The van der Waals surface area contributed by atoms with Crippen molar-refractivity contribution in [3.63, 3.8) is 0 Å². The third kappa shape index (κ3) is 14.4. The van der Waals surface area contributed by atoms with Crippen molar-refractivity contribution in [3.05, 3.63) is 0 Å². The third-order valence-corrected chi connectivity index (χ3v) is 2.49. The van der Waals surface area contributed by atoms with E-state index < -0.39 is 43.4 Å². The van der Waals surface area contributed by atoms with E-state index in [-0.39, 0.29) is 38.8 Å². The number of carbonyl (C=O) groups excluding carboxylic acids is 2. The lowest BCUT2D eigenvalue weighted by atomic mass is 10.3. The highest BCUT2D eigenvalue weighted by molar-refractivity contribution is 5.69. The molecular formula is C13H22N2O9. The molecule has 0 heterocycles. The molecule has 2 amide bonds. The van der Waals surface area contributed by atoms with Crippen LogP contribution < -0.4 is 10.6 Å². The highest BCUT2D eigenvalue weighted by Gasteiger charge is 2.11. The lowest BCUT2D eigenvalue weighted by molar-refractivity contribution is -0.138. The van der Waals surface area contributed by atoms with Gasteiger partial charge in [-0.25, -0.2) is 9.59 Å². The average molecular weight is 350 g/mol. The second-order valence-corrected chi connectivity index (χ2v) is 4.70. The Morgan fingerprint density at radius 3 is 1.50 bits per heavy atom. The molecule has 11 nitrogen and oxygen atoms in total. The first kappa shape index (κ1) is 21.4. The maximum atomic E-state index is 11.2. The zero-order chi connectivity index (χ0) is 18.4. The predicted octanol–water partition coefficient (Wildman–Crippen LogP) is -0.471. The topological polar surface area (TPSA) is 171 Å². The maximum Gasteiger partial charge on any atom is 0.407 e. The van der Waals surface area contributed by atoms with Crippen molar-refractivity contribution < 1.29 is 44.0 Å². The highest BCUT2D eigenvalue weighted by atomic mass is 16.6.